The van der Waals surface area contributed by atoms with Crippen LogP contribution in [-0.4, -0.2) is 43.0 Å². The van der Waals surface area contributed by atoms with Gasteiger partial charge in [0, 0.05) is 48.5 Å². The van der Waals surface area contributed by atoms with Crippen LogP contribution in [0.5, 0.6) is 0 Å². The molecule has 0 saturated carbocycles. The summed E-state index contributed by atoms with van der Waals surface area (Å²) >= 11 is 0. The second kappa shape index (κ2) is 9.67. The molecule has 1 aliphatic heterocycles. The molecule has 0 radical (unpaired) electrons. The Morgan fingerprint density at radius 3 is 2.09 bits per heavy atom. The van der Waals surface area contributed by atoms with Gasteiger partial charge in [0.25, 0.3) is 5.91 Å². The Morgan fingerprint density at radius 1 is 0.647 bits per heavy atom. The molecule has 4 aromatic carbocycles. The quantitative estimate of drug-likeness (QED) is 0.435. The first-order chi connectivity index (χ1) is 16.7. The van der Waals surface area contributed by atoms with E-state index in [9.17, 15) is 9.59 Å². The van der Waals surface area contributed by atoms with Crippen molar-refractivity contribution in [1.82, 2.24) is 4.90 Å². The van der Waals surface area contributed by atoms with E-state index in [1.807, 2.05) is 102 Å². The van der Waals surface area contributed by atoms with E-state index in [4.69, 9.17) is 0 Å². The zero-order chi connectivity index (χ0) is 23.3. The lowest BCUT2D eigenvalue weighted by Crippen LogP contribution is -2.48. The lowest BCUT2D eigenvalue weighted by atomic mass is 10.1. The van der Waals surface area contributed by atoms with Gasteiger partial charge in [-0.25, -0.2) is 4.79 Å². The van der Waals surface area contributed by atoms with Crippen molar-refractivity contribution in [3.8, 4) is 0 Å². The summed E-state index contributed by atoms with van der Waals surface area (Å²) < 4.78 is 0. The van der Waals surface area contributed by atoms with Crippen molar-refractivity contribution in [2.24, 2.45) is 0 Å². The van der Waals surface area contributed by atoms with E-state index in [-0.39, 0.29) is 11.9 Å². The first-order valence-electron chi connectivity index (χ1n) is 11.4. The van der Waals surface area contributed by atoms with Gasteiger partial charge >= 0.3 is 6.03 Å². The fourth-order valence-corrected chi connectivity index (χ4v) is 4.31. The molecule has 4 aromatic rings. The SMILES string of the molecule is O=C(Nc1ccc(N2CCN(C(=O)c3ccccc3)CC2)cc1)Nc1cccc2ccccc12. The number of nitrogens with zero attached hydrogens (tertiary/aromatic N) is 2. The smallest absolute Gasteiger partial charge is 0.323 e. The molecule has 1 fully saturated rings. The molecular weight excluding hydrogens is 424 g/mol. The van der Waals surface area contributed by atoms with Crippen molar-refractivity contribution in [1.29, 1.82) is 0 Å². The number of nitrogens with one attached hydrogen (secondary N) is 2. The van der Waals surface area contributed by atoms with Crippen LogP contribution >= 0.6 is 0 Å². The maximum absolute atomic E-state index is 12.7. The number of piperazine rings is 1. The van der Waals surface area contributed by atoms with Crippen molar-refractivity contribution < 1.29 is 9.59 Å². The van der Waals surface area contributed by atoms with Crippen LogP contribution in [0, 0.1) is 0 Å². The Balaban J connectivity index is 1.17. The molecule has 2 N–H and O–H groups in total. The summed E-state index contributed by atoms with van der Waals surface area (Å²) in [7, 11) is 0. The van der Waals surface area contributed by atoms with E-state index in [0.29, 0.717) is 13.1 Å². The average molecular weight is 451 g/mol. The van der Waals surface area contributed by atoms with Gasteiger partial charge in [0.2, 0.25) is 0 Å². The molecule has 3 amide bonds. The Kier molecular flexibility index (Phi) is 6.12. The van der Waals surface area contributed by atoms with Gasteiger partial charge in [0.15, 0.2) is 0 Å². The van der Waals surface area contributed by atoms with Crippen molar-refractivity contribution in [3.05, 3.63) is 103 Å². The Labute approximate surface area is 198 Å². The first-order valence-corrected chi connectivity index (χ1v) is 11.4. The van der Waals surface area contributed by atoms with Crippen LogP contribution in [-0.2, 0) is 0 Å². The zero-order valence-corrected chi connectivity index (χ0v) is 18.8. The molecule has 1 aliphatic rings. The summed E-state index contributed by atoms with van der Waals surface area (Å²) in [5.41, 5.74) is 3.30. The average Bonchev–Trinajstić information content (AvgIpc) is 2.89. The van der Waals surface area contributed by atoms with E-state index in [0.717, 1.165) is 46.5 Å². The van der Waals surface area contributed by atoms with Crippen LogP contribution in [0.3, 0.4) is 0 Å². The van der Waals surface area contributed by atoms with Gasteiger partial charge in [-0.05, 0) is 47.9 Å². The zero-order valence-electron chi connectivity index (χ0n) is 18.8. The molecule has 34 heavy (non-hydrogen) atoms. The predicted molar refractivity (Wildman–Crippen MR) is 138 cm³/mol. The minimum absolute atomic E-state index is 0.0806. The molecule has 1 heterocycles. The Morgan fingerprint density at radius 2 is 1.32 bits per heavy atom. The van der Waals surface area contributed by atoms with E-state index in [2.05, 4.69) is 15.5 Å². The minimum atomic E-state index is -0.280. The highest BCUT2D eigenvalue weighted by Crippen LogP contribution is 2.24. The van der Waals surface area contributed by atoms with Gasteiger partial charge in [0.05, 0.1) is 5.69 Å². The summed E-state index contributed by atoms with van der Waals surface area (Å²) in [6.45, 7) is 2.90. The summed E-state index contributed by atoms with van der Waals surface area (Å²) in [5.74, 6) is 0.0806. The predicted octanol–water partition coefficient (Wildman–Crippen LogP) is 5.45. The van der Waals surface area contributed by atoms with Crippen molar-refractivity contribution >= 4 is 39.8 Å². The van der Waals surface area contributed by atoms with Crippen molar-refractivity contribution in [2.75, 3.05) is 41.7 Å². The normalized spacial score (nSPS) is 13.5. The first kappa shape index (κ1) is 21.5. The molecule has 0 atom stereocenters. The molecular formula is C28H26N4O2. The number of carbonyl (C=O) groups excluding carboxylic acids is 2. The van der Waals surface area contributed by atoms with E-state index >= 15 is 0 Å². The van der Waals surface area contributed by atoms with Crippen LogP contribution in [0.15, 0.2) is 97.1 Å². The third-order valence-corrected chi connectivity index (χ3v) is 6.12. The maximum atomic E-state index is 12.7. The van der Waals surface area contributed by atoms with Crippen LogP contribution in [0.25, 0.3) is 10.8 Å². The summed E-state index contributed by atoms with van der Waals surface area (Å²) in [5, 5.41) is 7.93. The highest BCUT2D eigenvalue weighted by Gasteiger charge is 2.22. The third-order valence-electron chi connectivity index (χ3n) is 6.12. The van der Waals surface area contributed by atoms with Gasteiger partial charge in [0.1, 0.15) is 0 Å². The number of hydrogen-bond donors (Lipinski definition) is 2. The largest absolute Gasteiger partial charge is 0.368 e. The highest BCUT2D eigenvalue weighted by molar-refractivity contribution is 6.06. The number of hydrogen-bond acceptors (Lipinski definition) is 3. The summed E-state index contributed by atoms with van der Waals surface area (Å²) in [6, 6.07) is 30.7. The number of carbonyl (C=O) groups is 2. The second-order valence-corrected chi connectivity index (χ2v) is 8.30. The van der Waals surface area contributed by atoms with Gasteiger partial charge in [-0.1, -0.05) is 54.6 Å². The molecule has 0 bridgehead atoms. The third kappa shape index (κ3) is 4.71. The molecule has 0 aromatic heterocycles. The molecule has 5 rings (SSSR count). The number of urea groups is 1. The minimum Gasteiger partial charge on any atom is -0.368 e. The van der Waals surface area contributed by atoms with Crippen molar-refractivity contribution in [2.45, 2.75) is 0 Å². The molecule has 1 saturated heterocycles. The van der Waals surface area contributed by atoms with E-state index < -0.39 is 0 Å². The standard InChI is InChI=1S/C28H26N4O2/c33-27(22-8-2-1-3-9-22)32-19-17-31(18-20-32)24-15-13-23(14-16-24)29-28(34)30-26-12-6-10-21-7-4-5-11-25(21)26/h1-16H,17-20H2,(H2,29,30,34). The molecule has 6 heteroatoms. The van der Waals surface area contributed by atoms with Crippen LogP contribution in [0.1, 0.15) is 10.4 Å². The van der Waals surface area contributed by atoms with E-state index in [1.165, 1.54) is 0 Å². The fourth-order valence-electron chi connectivity index (χ4n) is 4.31. The summed E-state index contributed by atoms with van der Waals surface area (Å²) in [6.07, 6.45) is 0. The fraction of sp³-hybridized carbons (Fsp3) is 0.143. The van der Waals surface area contributed by atoms with E-state index in [1.54, 1.807) is 0 Å². The number of rotatable bonds is 4. The number of fused-ring (bicyclic) bond motifs is 1. The van der Waals surface area contributed by atoms with Crippen LogP contribution in [0.4, 0.5) is 21.9 Å². The number of benzene rings is 4. The van der Waals surface area contributed by atoms with Gasteiger partial charge in [-0.3, -0.25) is 4.79 Å². The van der Waals surface area contributed by atoms with Crippen molar-refractivity contribution in [3.63, 3.8) is 0 Å². The number of anilines is 3. The molecule has 0 unspecified atom stereocenters. The molecule has 170 valence electrons. The molecule has 0 spiro atoms. The monoisotopic (exact) mass is 450 g/mol. The van der Waals surface area contributed by atoms with Gasteiger partial charge < -0.3 is 20.4 Å². The van der Waals surface area contributed by atoms with Crippen LogP contribution < -0.4 is 15.5 Å². The lowest BCUT2D eigenvalue weighted by Gasteiger charge is -2.36. The number of amides is 3. The highest BCUT2D eigenvalue weighted by atomic mass is 16.2. The Hall–Kier alpha value is -4.32. The molecule has 6 nitrogen and oxygen atoms in total. The van der Waals surface area contributed by atoms with Gasteiger partial charge in [-0.2, -0.15) is 0 Å². The maximum Gasteiger partial charge on any atom is 0.323 e. The summed E-state index contributed by atoms with van der Waals surface area (Å²) in [4.78, 5) is 29.4. The van der Waals surface area contributed by atoms with Crippen LogP contribution in [0.2, 0.25) is 0 Å². The molecule has 0 aliphatic carbocycles. The second-order valence-electron chi connectivity index (χ2n) is 8.30. The van der Waals surface area contributed by atoms with Gasteiger partial charge in [-0.15, -0.1) is 0 Å². The topological polar surface area (TPSA) is 64.7 Å². The Bertz CT molecular complexity index is 1290. The lowest BCUT2D eigenvalue weighted by molar-refractivity contribution is 0.0747.